The summed E-state index contributed by atoms with van der Waals surface area (Å²) in [4.78, 5) is 5.33. The molecule has 0 N–H and O–H groups in total. The van der Waals surface area contributed by atoms with Crippen molar-refractivity contribution >= 4 is 5.69 Å². The maximum atomic E-state index is 5.33. The van der Waals surface area contributed by atoms with Gasteiger partial charge in [-0.2, -0.15) is 0 Å². The van der Waals surface area contributed by atoms with Crippen LogP contribution in [0.5, 0.6) is 0 Å². The number of nitrogens with zero attached hydrogens (tertiary/aromatic N) is 1. The molecule has 0 unspecified atom stereocenters. The lowest BCUT2D eigenvalue weighted by atomic mass is 10.2. The molecule has 14 heavy (non-hydrogen) atoms. The largest absolute Gasteiger partial charge is 0.277 e. The van der Waals surface area contributed by atoms with Crippen LogP contribution in [0, 0.1) is 6.92 Å². The summed E-state index contributed by atoms with van der Waals surface area (Å²) in [7, 11) is 1.72. The second kappa shape index (κ2) is 5.66. The zero-order chi connectivity index (χ0) is 10.4. The van der Waals surface area contributed by atoms with E-state index in [2.05, 4.69) is 38.1 Å². The molecule has 1 aromatic carbocycles. The summed E-state index contributed by atoms with van der Waals surface area (Å²) in [5.74, 6) is 0. The van der Waals surface area contributed by atoms with Crippen LogP contribution in [-0.4, -0.2) is 13.7 Å². The first-order valence-corrected chi connectivity index (χ1v) is 5.16. The second-order valence-corrected chi connectivity index (χ2v) is 3.48. The Labute approximate surface area is 86.4 Å². The monoisotopic (exact) mass is 193 g/mol. The molecule has 0 heterocycles. The van der Waals surface area contributed by atoms with Gasteiger partial charge in [0.1, 0.15) is 0 Å². The Morgan fingerprint density at radius 1 is 1.36 bits per heavy atom. The Balaban J connectivity index is 2.68. The fraction of sp³-hybridized carbons (Fsp3) is 0.500. The number of hydroxylamine groups is 1. The van der Waals surface area contributed by atoms with Gasteiger partial charge >= 0.3 is 0 Å². The minimum Gasteiger partial charge on any atom is -0.277 e. The molecule has 0 aliphatic carbocycles. The minimum absolute atomic E-state index is 0.955. The van der Waals surface area contributed by atoms with E-state index in [9.17, 15) is 0 Å². The van der Waals surface area contributed by atoms with Crippen LogP contribution in [0.3, 0.4) is 0 Å². The number of unbranched alkanes of at least 4 members (excludes halogenated alkanes) is 1. The van der Waals surface area contributed by atoms with Crippen LogP contribution in [0.25, 0.3) is 0 Å². The average molecular weight is 193 g/mol. The third kappa shape index (κ3) is 3.04. The summed E-state index contributed by atoms with van der Waals surface area (Å²) in [5, 5.41) is 1.94. The predicted octanol–water partition coefficient (Wildman–Crippen LogP) is 3.16. The highest BCUT2D eigenvalue weighted by atomic mass is 16.7. The molecule has 2 heteroatoms. The standard InChI is InChI=1S/C12H19NO/c1-4-5-9-13(14-3)12-8-6-7-11(2)10-12/h6-8,10H,4-5,9H2,1-3H3. The number of aryl methyl sites for hydroxylation is 1. The van der Waals surface area contributed by atoms with Crippen LogP contribution in [0.2, 0.25) is 0 Å². The fourth-order valence-electron chi connectivity index (χ4n) is 1.41. The van der Waals surface area contributed by atoms with E-state index >= 15 is 0 Å². The molecule has 0 amide bonds. The third-order valence-corrected chi connectivity index (χ3v) is 2.22. The van der Waals surface area contributed by atoms with Gasteiger partial charge in [-0.15, -0.1) is 0 Å². The molecule has 0 saturated heterocycles. The lowest BCUT2D eigenvalue weighted by molar-refractivity contribution is 0.165. The summed E-state index contributed by atoms with van der Waals surface area (Å²) in [6, 6.07) is 8.37. The van der Waals surface area contributed by atoms with Crippen molar-refractivity contribution in [2.24, 2.45) is 0 Å². The van der Waals surface area contributed by atoms with E-state index in [0.717, 1.165) is 18.7 Å². The van der Waals surface area contributed by atoms with Gasteiger partial charge in [-0.1, -0.05) is 25.5 Å². The number of hydrogen-bond donors (Lipinski definition) is 0. The average Bonchev–Trinajstić information content (AvgIpc) is 2.19. The van der Waals surface area contributed by atoms with Gasteiger partial charge < -0.3 is 0 Å². The number of hydrogen-bond acceptors (Lipinski definition) is 2. The van der Waals surface area contributed by atoms with Crippen molar-refractivity contribution in [2.45, 2.75) is 26.7 Å². The zero-order valence-corrected chi connectivity index (χ0v) is 9.29. The number of rotatable bonds is 5. The van der Waals surface area contributed by atoms with Crippen LogP contribution in [-0.2, 0) is 4.84 Å². The van der Waals surface area contributed by atoms with Crippen molar-refractivity contribution < 1.29 is 4.84 Å². The number of benzene rings is 1. The molecule has 0 aliphatic heterocycles. The molecular formula is C12H19NO. The summed E-state index contributed by atoms with van der Waals surface area (Å²) >= 11 is 0. The van der Waals surface area contributed by atoms with Crippen molar-refractivity contribution in [3.63, 3.8) is 0 Å². The molecule has 0 fully saturated rings. The van der Waals surface area contributed by atoms with E-state index < -0.39 is 0 Å². The van der Waals surface area contributed by atoms with Crippen LogP contribution < -0.4 is 5.06 Å². The van der Waals surface area contributed by atoms with Gasteiger partial charge in [0.05, 0.1) is 12.8 Å². The first-order valence-electron chi connectivity index (χ1n) is 5.16. The summed E-state index contributed by atoms with van der Waals surface area (Å²) < 4.78 is 0. The van der Waals surface area contributed by atoms with Gasteiger partial charge in [-0.05, 0) is 31.0 Å². The molecule has 78 valence electrons. The fourth-order valence-corrected chi connectivity index (χ4v) is 1.41. The van der Waals surface area contributed by atoms with Gasteiger partial charge in [-0.25, -0.2) is 0 Å². The third-order valence-electron chi connectivity index (χ3n) is 2.22. The van der Waals surface area contributed by atoms with Crippen molar-refractivity contribution in [1.29, 1.82) is 0 Å². The van der Waals surface area contributed by atoms with Crippen LogP contribution in [0.15, 0.2) is 24.3 Å². The Kier molecular flexibility index (Phi) is 4.47. The number of anilines is 1. The second-order valence-electron chi connectivity index (χ2n) is 3.48. The Hall–Kier alpha value is -1.02. The normalized spacial score (nSPS) is 10.2. The molecule has 1 aromatic rings. The van der Waals surface area contributed by atoms with E-state index in [4.69, 9.17) is 4.84 Å². The molecule has 0 atom stereocenters. The predicted molar refractivity (Wildman–Crippen MR) is 60.4 cm³/mol. The van der Waals surface area contributed by atoms with Gasteiger partial charge in [-0.3, -0.25) is 9.90 Å². The van der Waals surface area contributed by atoms with E-state index in [1.54, 1.807) is 7.11 Å². The molecule has 0 aliphatic rings. The quantitative estimate of drug-likeness (QED) is 0.666. The summed E-state index contributed by atoms with van der Waals surface area (Å²) in [6.45, 7) is 5.23. The first-order chi connectivity index (χ1) is 6.77. The van der Waals surface area contributed by atoms with Crippen molar-refractivity contribution in [2.75, 3.05) is 18.7 Å². The molecule has 0 aromatic heterocycles. The zero-order valence-electron chi connectivity index (χ0n) is 9.29. The SMILES string of the molecule is CCCCN(OC)c1cccc(C)c1. The topological polar surface area (TPSA) is 12.5 Å². The summed E-state index contributed by atoms with van der Waals surface area (Å²) in [5.41, 5.74) is 2.40. The highest BCUT2D eigenvalue weighted by Gasteiger charge is 2.03. The maximum Gasteiger partial charge on any atom is 0.0639 e. The highest BCUT2D eigenvalue weighted by Crippen LogP contribution is 2.16. The highest BCUT2D eigenvalue weighted by molar-refractivity contribution is 5.45. The van der Waals surface area contributed by atoms with Crippen LogP contribution in [0.4, 0.5) is 5.69 Å². The van der Waals surface area contributed by atoms with Crippen molar-refractivity contribution in [1.82, 2.24) is 0 Å². The molecule has 0 spiro atoms. The lowest BCUT2D eigenvalue weighted by Crippen LogP contribution is -2.22. The van der Waals surface area contributed by atoms with Gasteiger partial charge in [0.25, 0.3) is 0 Å². The summed E-state index contributed by atoms with van der Waals surface area (Å²) in [6.07, 6.45) is 2.34. The van der Waals surface area contributed by atoms with Gasteiger partial charge in [0.15, 0.2) is 0 Å². The first kappa shape index (κ1) is 11.1. The van der Waals surface area contributed by atoms with E-state index in [1.807, 2.05) is 5.06 Å². The van der Waals surface area contributed by atoms with Crippen LogP contribution >= 0.6 is 0 Å². The minimum atomic E-state index is 0.955. The van der Waals surface area contributed by atoms with Crippen molar-refractivity contribution in [3.8, 4) is 0 Å². The molecule has 2 nitrogen and oxygen atoms in total. The Morgan fingerprint density at radius 3 is 2.71 bits per heavy atom. The van der Waals surface area contributed by atoms with Crippen molar-refractivity contribution in [3.05, 3.63) is 29.8 Å². The molecule has 0 radical (unpaired) electrons. The smallest absolute Gasteiger partial charge is 0.0639 e. The Bertz CT molecular complexity index is 273. The van der Waals surface area contributed by atoms with Crippen LogP contribution in [0.1, 0.15) is 25.3 Å². The van der Waals surface area contributed by atoms with Gasteiger partial charge in [0, 0.05) is 6.54 Å². The molecular weight excluding hydrogens is 174 g/mol. The van der Waals surface area contributed by atoms with Gasteiger partial charge in [0.2, 0.25) is 0 Å². The molecule has 0 bridgehead atoms. The van der Waals surface area contributed by atoms with E-state index in [0.29, 0.717) is 0 Å². The Morgan fingerprint density at radius 2 is 2.14 bits per heavy atom. The lowest BCUT2D eigenvalue weighted by Gasteiger charge is -2.21. The van der Waals surface area contributed by atoms with E-state index in [-0.39, 0.29) is 0 Å². The van der Waals surface area contributed by atoms with E-state index in [1.165, 1.54) is 12.0 Å². The molecule has 1 rings (SSSR count). The maximum absolute atomic E-state index is 5.33. The molecule has 0 saturated carbocycles.